The lowest BCUT2D eigenvalue weighted by molar-refractivity contribution is -0.123. The zero-order valence-corrected chi connectivity index (χ0v) is 11.3. The summed E-state index contributed by atoms with van der Waals surface area (Å²) < 4.78 is 5.30. The Labute approximate surface area is 109 Å². The first kappa shape index (κ1) is 13.1. The van der Waals surface area contributed by atoms with Gasteiger partial charge in [0.05, 0.1) is 7.11 Å². The number of methoxy groups -OCH3 is 1. The summed E-state index contributed by atoms with van der Waals surface area (Å²) in [7, 11) is 1.66. The van der Waals surface area contributed by atoms with Crippen molar-refractivity contribution in [2.24, 2.45) is 11.8 Å². The third-order valence-corrected chi connectivity index (χ3v) is 3.95. The summed E-state index contributed by atoms with van der Waals surface area (Å²) in [5.74, 6) is 2.17. The van der Waals surface area contributed by atoms with E-state index >= 15 is 0 Å². The number of hydrogen-bond donors (Lipinski definition) is 0. The Morgan fingerprint density at radius 1 is 1.33 bits per heavy atom. The summed E-state index contributed by atoms with van der Waals surface area (Å²) in [4.78, 5) is 12.3. The standard InChI is InChI=1S/C16H22O2/c1-12-6-5-8-13(10-12)15(17)11-14-7-3-4-9-16(14)18-2/h3-4,7,9,12-13H,5-6,8,10-11H2,1-2H3. The van der Waals surface area contributed by atoms with Gasteiger partial charge in [0.1, 0.15) is 11.5 Å². The molecule has 2 atom stereocenters. The van der Waals surface area contributed by atoms with Gasteiger partial charge >= 0.3 is 0 Å². The number of benzene rings is 1. The quantitative estimate of drug-likeness (QED) is 0.811. The molecular weight excluding hydrogens is 224 g/mol. The van der Waals surface area contributed by atoms with Crippen LogP contribution in [-0.2, 0) is 11.2 Å². The number of ketones is 1. The first-order chi connectivity index (χ1) is 8.70. The Morgan fingerprint density at radius 3 is 2.83 bits per heavy atom. The van der Waals surface area contributed by atoms with Crippen molar-refractivity contribution in [1.29, 1.82) is 0 Å². The van der Waals surface area contributed by atoms with Gasteiger partial charge in [-0.3, -0.25) is 4.79 Å². The molecule has 2 rings (SSSR count). The molecule has 2 nitrogen and oxygen atoms in total. The van der Waals surface area contributed by atoms with Crippen molar-refractivity contribution >= 4 is 5.78 Å². The monoisotopic (exact) mass is 246 g/mol. The fourth-order valence-corrected chi connectivity index (χ4v) is 2.91. The summed E-state index contributed by atoms with van der Waals surface area (Å²) in [5, 5.41) is 0. The lowest BCUT2D eigenvalue weighted by atomic mass is 9.79. The molecule has 1 saturated carbocycles. The molecule has 2 heteroatoms. The third-order valence-electron chi connectivity index (χ3n) is 3.95. The Balaban J connectivity index is 2.02. The van der Waals surface area contributed by atoms with Gasteiger partial charge in [0.15, 0.2) is 0 Å². The lowest BCUT2D eigenvalue weighted by Crippen LogP contribution is -2.23. The molecule has 1 aliphatic rings. The van der Waals surface area contributed by atoms with Crippen LogP contribution < -0.4 is 4.74 Å². The van der Waals surface area contributed by atoms with Crippen LogP contribution in [0.4, 0.5) is 0 Å². The van der Waals surface area contributed by atoms with Gasteiger partial charge in [-0.05, 0) is 24.8 Å². The molecular formula is C16H22O2. The summed E-state index contributed by atoms with van der Waals surface area (Å²) >= 11 is 0. The highest BCUT2D eigenvalue weighted by molar-refractivity contribution is 5.84. The number of hydrogen-bond acceptors (Lipinski definition) is 2. The lowest BCUT2D eigenvalue weighted by Gasteiger charge is -2.25. The Kier molecular flexibility index (Phi) is 4.40. The Morgan fingerprint density at radius 2 is 2.11 bits per heavy atom. The van der Waals surface area contributed by atoms with Gasteiger partial charge in [0.2, 0.25) is 0 Å². The second-order valence-electron chi connectivity index (χ2n) is 5.42. The maximum atomic E-state index is 12.3. The van der Waals surface area contributed by atoms with E-state index < -0.39 is 0 Å². The average molecular weight is 246 g/mol. The minimum Gasteiger partial charge on any atom is -0.496 e. The number of para-hydroxylation sites is 1. The fraction of sp³-hybridized carbons (Fsp3) is 0.562. The van der Waals surface area contributed by atoms with Gasteiger partial charge in [-0.15, -0.1) is 0 Å². The number of rotatable bonds is 4. The Hall–Kier alpha value is -1.31. The predicted octanol–water partition coefficient (Wildman–Crippen LogP) is 3.63. The maximum Gasteiger partial charge on any atom is 0.140 e. The molecule has 0 saturated heterocycles. The van der Waals surface area contributed by atoms with E-state index in [2.05, 4.69) is 6.92 Å². The molecule has 1 fully saturated rings. The highest BCUT2D eigenvalue weighted by Gasteiger charge is 2.25. The zero-order valence-electron chi connectivity index (χ0n) is 11.3. The molecule has 98 valence electrons. The van der Waals surface area contributed by atoms with E-state index in [1.54, 1.807) is 7.11 Å². The van der Waals surface area contributed by atoms with Crippen molar-refractivity contribution < 1.29 is 9.53 Å². The van der Waals surface area contributed by atoms with Crippen LogP contribution in [0.5, 0.6) is 5.75 Å². The van der Waals surface area contributed by atoms with Crippen LogP contribution in [0.2, 0.25) is 0 Å². The van der Waals surface area contributed by atoms with Gasteiger partial charge in [0, 0.05) is 17.9 Å². The first-order valence-corrected chi connectivity index (χ1v) is 6.85. The van der Waals surface area contributed by atoms with Gasteiger partial charge in [-0.1, -0.05) is 38.0 Å². The van der Waals surface area contributed by atoms with Crippen LogP contribution in [0.3, 0.4) is 0 Å². The number of carbonyl (C=O) groups is 1. The summed E-state index contributed by atoms with van der Waals surface area (Å²) in [6.45, 7) is 2.25. The molecule has 0 N–H and O–H groups in total. The average Bonchev–Trinajstić information content (AvgIpc) is 2.39. The molecule has 0 amide bonds. The van der Waals surface area contributed by atoms with Crippen LogP contribution in [0.1, 0.15) is 38.2 Å². The van der Waals surface area contributed by atoms with E-state index in [0.29, 0.717) is 18.1 Å². The van der Waals surface area contributed by atoms with E-state index in [-0.39, 0.29) is 5.92 Å². The van der Waals surface area contributed by atoms with Crippen LogP contribution in [0, 0.1) is 11.8 Å². The van der Waals surface area contributed by atoms with E-state index in [0.717, 1.165) is 24.2 Å². The van der Waals surface area contributed by atoms with E-state index in [1.807, 2.05) is 24.3 Å². The van der Waals surface area contributed by atoms with E-state index in [4.69, 9.17) is 4.74 Å². The normalized spacial score (nSPS) is 23.7. The molecule has 1 aromatic rings. The SMILES string of the molecule is COc1ccccc1CC(=O)C1CCCC(C)C1. The molecule has 0 spiro atoms. The van der Waals surface area contributed by atoms with Gasteiger partial charge in [-0.25, -0.2) is 0 Å². The van der Waals surface area contributed by atoms with Gasteiger partial charge in [0.25, 0.3) is 0 Å². The van der Waals surface area contributed by atoms with Crippen molar-refractivity contribution in [2.45, 2.75) is 39.0 Å². The largest absolute Gasteiger partial charge is 0.496 e. The molecule has 1 aliphatic carbocycles. The third kappa shape index (κ3) is 3.12. The van der Waals surface area contributed by atoms with Crippen molar-refractivity contribution in [2.75, 3.05) is 7.11 Å². The highest BCUT2D eigenvalue weighted by Crippen LogP contribution is 2.30. The first-order valence-electron chi connectivity index (χ1n) is 6.85. The molecule has 0 aliphatic heterocycles. The summed E-state index contributed by atoms with van der Waals surface area (Å²) in [6.07, 6.45) is 5.12. The molecule has 2 unspecified atom stereocenters. The highest BCUT2D eigenvalue weighted by atomic mass is 16.5. The van der Waals surface area contributed by atoms with Crippen LogP contribution in [-0.4, -0.2) is 12.9 Å². The van der Waals surface area contributed by atoms with Gasteiger partial charge < -0.3 is 4.74 Å². The van der Waals surface area contributed by atoms with Crippen LogP contribution in [0.15, 0.2) is 24.3 Å². The number of carbonyl (C=O) groups excluding carboxylic acids is 1. The number of ether oxygens (including phenoxy) is 1. The fourth-order valence-electron chi connectivity index (χ4n) is 2.91. The second-order valence-corrected chi connectivity index (χ2v) is 5.42. The van der Waals surface area contributed by atoms with Crippen molar-refractivity contribution in [3.63, 3.8) is 0 Å². The number of Topliss-reactive ketones (excluding diaryl/α,β-unsaturated/α-hetero) is 1. The molecule has 1 aromatic carbocycles. The van der Waals surface area contributed by atoms with Crippen LogP contribution in [0.25, 0.3) is 0 Å². The Bertz CT molecular complexity index is 411. The summed E-state index contributed by atoms with van der Waals surface area (Å²) in [6, 6.07) is 7.82. The zero-order chi connectivity index (χ0) is 13.0. The molecule has 0 heterocycles. The van der Waals surface area contributed by atoms with E-state index in [1.165, 1.54) is 12.8 Å². The minimum absolute atomic E-state index is 0.263. The maximum absolute atomic E-state index is 12.3. The van der Waals surface area contributed by atoms with Crippen molar-refractivity contribution in [3.8, 4) is 5.75 Å². The van der Waals surface area contributed by atoms with Crippen molar-refractivity contribution in [1.82, 2.24) is 0 Å². The summed E-state index contributed by atoms with van der Waals surface area (Å²) in [5.41, 5.74) is 1.02. The molecule has 0 radical (unpaired) electrons. The second kappa shape index (κ2) is 6.03. The molecule has 18 heavy (non-hydrogen) atoms. The van der Waals surface area contributed by atoms with Crippen LogP contribution >= 0.6 is 0 Å². The predicted molar refractivity (Wildman–Crippen MR) is 72.8 cm³/mol. The van der Waals surface area contributed by atoms with Gasteiger partial charge in [-0.2, -0.15) is 0 Å². The topological polar surface area (TPSA) is 26.3 Å². The molecule has 0 aromatic heterocycles. The van der Waals surface area contributed by atoms with E-state index in [9.17, 15) is 4.79 Å². The smallest absolute Gasteiger partial charge is 0.140 e. The molecule has 0 bridgehead atoms. The van der Waals surface area contributed by atoms with Crippen molar-refractivity contribution in [3.05, 3.63) is 29.8 Å². The minimum atomic E-state index is 0.263.